The fourth-order valence-electron chi connectivity index (χ4n) is 1.59. The van der Waals surface area contributed by atoms with Gasteiger partial charge in [0, 0.05) is 10.3 Å². The Morgan fingerprint density at radius 2 is 2.12 bits per heavy atom. The predicted octanol–water partition coefficient (Wildman–Crippen LogP) is 5.14. The molecule has 0 aliphatic heterocycles. The minimum absolute atomic E-state index is 0.322. The zero-order chi connectivity index (χ0) is 17.7. The van der Waals surface area contributed by atoms with Crippen molar-refractivity contribution < 1.29 is 9.53 Å². The zero-order valence-electron chi connectivity index (χ0n) is 13.4. The topological polar surface area (TPSA) is 64.1 Å². The molecule has 0 bridgehead atoms. The lowest BCUT2D eigenvalue weighted by Gasteiger charge is -2.14. The number of thioether (sulfide) groups is 1. The van der Waals surface area contributed by atoms with E-state index in [2.05, 4.69) is 29.4 Å². The van der Waals surface area contributed by atoms with Gasteiger partial charge in [-0.3, -0.25) is 10.1 Å². The molecule has 130 valence electrons. The summed E-state index contributed by atoms with van der Waals surface area (Å²) in [5, 5.41) is 12.5. The maximum atomic E-state index is 12.2. The molecule has 0 saturated heterocycles. The highest BCUT2D eigenvalue weighted by Gasteiger charge is 2.18. The Kier molecular flexibility index (Phi) is 7.16. The molecule has 0 saturated carbocycles. The normalized spacial score (nSPS) is 13.4. The molecule has 1 aromatic heterocycles. The Labute approximate surface area is 159 Å². The Balaban J connectivity index is 1.94. The largest absolute Gasteiger partial charge is 0.479 e. The molecule has 1 N–H and O–H groups in total. The lowest BCUT2D eigenvalue weighted by molar-refractivity contribution is -0.122. The van der Waals surface area contributed by atoms with Crippen molar-refractivity contribution in [1.29, 1.82) is 0 Å². The van der Waals surface area contributed by atoms with E-state index in [-0.39, 0.29) is 5.91 Å². The van der Waals surface area contributed by atoms with Crippen LogP contribution in [-0.4, -0.2) is 27.5 Å². The smallest absolute Gasteiger partial charge is 0.266 e. The number of anilines is 1. The number of aromatic nitrogens is 2. The Hall–Kier alpha value is -1.02. The molecule has 0 fully saturated rings. The number of nitrogens with zero attached hydrogens (tertiary/aromatic N) is 2. The number of hydrogen-bond donors (Lipinski definition) is 1. The molecule has 2 aromatic rings. The van der Waals surface area contributed by atoms with E-state index in [9.17, 15) is 4.79 Å². The van der Waals surface area contributed by atoms with Crippen LogP contribution in [-0.2, 0) is 4.79 Å². The second kappa shape index (κ2) is 8.89. The van der Waals surface area contributed by atoms with Gasteiger partial charge in [-0.15, -0.1) is 10.2 Å². The molecule has 1 aromatic carbocycles. The van der Waals surface area contributed by atoms with E-state index in [4.69, 9.17) is 27.9 Å². The van der Waals surface area contributed by atoms with Crippen LogP contribution in [0, 0.1) is 0 Å². The van der Waals surface area contributed by atoms with Crippen LogP contribution in [0.4, 0.5) is 5.13 Å². The van der Waals surface area contributed by atoms with Crippen LogP contribution in [0.15, 0.2) is 22.5 Å². The van der Waals surface area contributed by atoms with Gasteiger partial charge in [0.05, 0.1) is 5.02 Å². The average molecular weight is 406 g/mol. The first-order valence-corrected chi connectivity index (χ1v) is 9.77. The third-order valence-electron chi connectivity index (χ3n) is 3.08. The molecular weight excluding hydrogens is 389 g/mol. The van der Waals surface area contributed by atoms with Crippen LogP contribution in [0.2, 0.25) is 10.0 Å². The van der Waals surface area contributed by atoms with Crippen LogP contribution in [0.3, 0.4) is 0 Å². The van der Waals surface area contributed by atoms with Crippen molar-refractivity contribution in [1.82, 2.24) is 10.2 Å². The monoisotopic (exact) mass is 405 g/mol. The summed E-state index contributed by atoms with van der Waals surface area (Å²) in [6.07, 6.45) is 0.303. The van der Waals surface area contributed by atoms with Crippen molar-refractivity contribution >= 4 is 57.3 Å². The lowest BCUT2D eigenvalue weighted by Crippen LogP contribution is -2.30. The summed E-state index contributed by atoms with van der Waals surface area (Å²) in [5.41, 5.74) is 0. The standard InChI is InChI=1S/C15H17Cl2N3O2S2/c1-4-8(2)23-15-20-19-14(24-15)18-13(21)9(3)22-12-6-5-10(16)7-11(12)17/h5-9H,4H2,1-3H3,(H,18,19,21). The van der Waals surface area contributed by atoms with Crippen LogP contribution < -0.4 is 10.1 Å². The lowest BCUT2D eigenvalue weighted by atomic mass is 10.3. The second-order valence-corrected chi connectivity index (χ2v) is 8.54. The van der Waals surface area contributed by atoms with Crippen molar-refractivity contribution in [2.75, 3.05) is 5.32 Å². The SMILES string of the molecule is CCC(C)Sc1nnc(NC(=O)C(C)Oc2ccc(Cl)cc2Cl)s1. The van der Waals surface area contributed by atoms with Gasteiger partial charge in [0.15, 0.2) is 10.4 Å². The van der Waals surface area contributed by atoms with E-state index >= 15 is 0 Å². The number of carbonyl (C=O) groups excluding carboxylic acids is 1. The molecular formula is C15H17Cl2N3O2S2. The fraction of sp³-hybridized carbons (Fsp3) is 0.400. The quantitative estimate of drug-likeness (QED) is 0.509. The Morgan fingerprint density at radius 3 is 2.79 bits per heavy atom. The van der Waals surface area contributed by atoms with Crippen molar-refractivity contribution in [2.45, 2.75) is 42.9 Å². The molecule has 1 amide bonds. The minimum atomic E-state index is -0.738. The summed E-state index contributed by atoms with van der Waals surface area (Å²) >= 11 is 14.9. The molecule has 9 heteroatoms. The summed E-state index contributed by atoms with van der Waals surface area (Å²) in [5.74, 6) is 0.0752. The zero-order valence-corrected chi connectivity index (χ0v) is 16.5. The maximum Gasteiger partial charge on any atom is 0.266 e. The minimum Gasteiger partial charge on any atom is -0.479 e. The van der Waals surface area contributed by atoms with Crippen LogP contribution >= 0.6 is 46.3 Å². The fourth-order valence-corrected chi connectivity index (χ4v) is 4.04. The molecule has 5 nitrogen and oxygen atoms in total. The number of carbonyl (C=O) groups is 1. The van der Waals surface area contributed by atoms with Gasteiger partial charge in [-0.2, -0.15) is 0 Å². The van der Waals surface area contributed by atoms with Crippen LogP contribution in [0.1, 0.15) is 27.2 Å². The number of nitrogens with one attached hydrogen (secondary N) is 1. The highest BCUT2D eigenvalue weighted by Crippen LogP contribution is 2.31. The predicted molar refractivity (Wildman–Crippen MR) is 101 cm³/mol. The molecule has 2 unspecified atom stereocenters. The average Bonchev–Trinajstić information content (AvgIpc) is 2.96. The van der Waals surface area contributed by atoms with E-state index < -0.39 is 6.10 Å². The van der Waals surface area contributed by atoms with Gasteiger partial charge < -0.3 is 4.74 Å². The van der Waals surface area contributed by atoms with Crippen molar-refractivity contribution in [2.24, 2.45) is 0 Å². The highest BCUT2D eigenvalue weighted by atomic mass is 35.5. The maximum absolute atomic E-state index is 12.2. The van der Waals surface area contributed by atoms with Gasteiger partial charge >= 0.3 is 0 Å². The first kappa shape index (κ1) is 19.3. The molecule has 2 rings (SSSR count). The summed E-state index contributed by atoms with van der Waals surface area (Å²) in [6, 6.07) is 4.84. The van der Waals surface area contributed by atoms with Crippen molar-refractivity contribution in [3.63, 3.8) is 0 Å². The van der Waals surface area contributed by atoms with Crippen LogP contribution in [0.5, 0.6) is 5.75 Å². The number of halogens is 2. The molecule has 0 radical (unpaired) electrons. The first-order chi connectivity index (χ1) is 11.4. The van der Waals surface area contributed by atoms with Gasteiger partial charge in [0.25, 0.3) is 5.91 Å². The number of rotatable bonds is 7. The third-order valence-corrected chi connectivity index (χ3v) is 5.80. The van der Waals surface area contributed by atoms with Gasteiger partial charge in [-0.05, 0) is 31.5 Å². The molecule has 0 aliphatic carbocycles. The summed E-state index contributed by atoms with van der Waals surface area (Å²) < 4.78 is 6.40. The number of hydrogen-bond acceptors (Lipinski definition) is 6. The molecule has 0 spiro atoms. The summed E-state index contributed by atoms with van der Waals surface area (Å²) in [7, 11) is 0. The second-order valence-electron chi connectivity index (χ2n) is 5.03. The van der Waals surface area contributed by atoms with Gasteiger partial charge in [-0.1, -0.05) is 60.1 Å². The van der Waals surface area contributed by atoms with Gasteiger partial charge in [-0.25, -0.2) is 0 Å². The molecule has 1 heterocycles. The molecule has 0 aliphatic rings. The molecule has 2 atom stereocenters. The van der Waals surface area contributed by atoms with E-state index in [0.717, 1.165) is 10.8 Å². The third kappa shape index (κ3) is 5.51. The first-order valence-electron chi connectivity index (χ1n) is 7.31. The van der Waals surface area contributed by atoms with E-state index in [1.807, 2.05) is 0 Å². The van der Waals surface area contributed by atoms with Crippen LogP contribution in [0.25, 0.3) is 0 Å². The van der Waals surface area contributed by atoms with E-state index in [1.165, 1.54) is 11.3 Å². The Morgan fingerprint density at radius 1 is 1.38 bits per heavy atom. The number of ether oxygens (including phenoxy) is 1. The van der Waals surface area contributed by atoms with Gasteiger partial charge in [0.1, 0.15) is 5.75 Å². The van der Waals surface area contributed by atoms with Crippen molar-refractivity contribution in [3.8, 4) is 5.75 Å². The Bertz CT molecular complexity index is 712. The summed E-state index contributed by atoms with van der Waals surface area (Å²) in [4.78, 5) is 12.2. The number of amides is 1. The highest BCUT2D eigenvalue weighted by molar-refractivity contribution is 8.01. The summed E-state index contributed by atoms with van der Waals surface area (Å²) in [6.45, 7) is 5.87. The number of benzene rings is 1. The van der Waals surface area contributed by atoms with E-state index in [0.29, 0.717) is 26.2 Å². The van der Waals surface area contributed by atoms with Crippen molar-refractivity contribution in [3.05, 3.63) is 28.2 Å². The van der Waals surface area contributed by atoms with Gasteiger partial charge in [0.2, 0.25) is 5.13 Å². The molecule has 24 heavy (non-hydrogen) atoms. The van der Waals surface area contributed by atoms with E-state index in [1.54, 1.807) is 36.9 Å².